The summed E-state index contributed by atoms with van der Waals surface area (Å²) in [6.45, 7) is 1.09. The van der Waals surface area contributed by atoms with Gasteiger partial charge in [0.05, 0.1) is 5.56 Å². The number of halogens is 2. The molecular weight excluding hydrogens is 314 g/mol. The second-order valence-corrected chi connectivity index (χ2v) is 6.52. The largest absolute Gasteiger partial charge is 0.338 e. The van der Waals surface area contributed by atoms with Crippen LogP contribution in [0, 0.1) is 11.6 Å². The van der Waals surface area contributed by atoms with Crippen LogP contribution in [0.5, 0.6) is 0 Å². The van der Waals surface area contributed by atoms with E-state index in [1.165, 1.54) is 18.9 Å². The molecule has 1 aliphatic carbocycles. The molecule has 1 saturated carbocycles. The third-order valence-corrected chi connectivity index (χ3v) is 4.85. The highest BCUT2D eigenvalue weighted by Gasteiger charge is 2.32. The summed E-state index contributed by atoms with van der Waals surface area (Å²) >= 11 is 0. The summed E-state index contributed by atoms with van der Waals surface area (Å²) < 4.78 is 28.9. The third kappa shape index (κ3) is 2.79. The zero-order valence-electron chi connectivity index (χ0n) is 13.2. The average Bonchev–Trinajstić information content (AvgIpc) is 3.31. The summed E-state index contributed by atoms with van der Waals surface area (Å²) in [5.74, 6) is -0.290. The molecule has 2 aliphatic rings. The maximum atomic E-state index is 13.8. The molecule has 4 rings (SSSR count). The fourth-order valence-corrected chi connectivity index (χ4v) is 3.35. The summed E-state index contributed by atoms with van der Waals surface area (Å²) in [4.78, 5) is 14.1. The number of hydrogen-bond donors (Lipinski definition) is 0. The minimum absolute atomic E-state index is 0.0715. The number of carbonyl (C=O) groups excluding carboxylic acids is 1. The van der Waals surface area contributed by atoms with Gasteiger partial charge in [0.2, 0.25) is 0 Å². The first-order valence-corrected chi connectivity index (χ1v) is 8.27. The molecule has 0 atom stereocenters. The average molecular weight is 332 g/mol. The highest BCUT2D eigenvalue weighted by Crippen LogP contribution is 2.40. The van der Waals surface area contributed by atoms with Gasteiger partial charge < -0.3 is 9.47 Å². The van der Waals surface area contributed by atoms with Crippen molar-refractivity contribution < 1.29 is 13.6 Å². The first-order chi connectivity index (χ1) is 11.6. The number of likely N-dealkylation sites (tertiary alicyclic amines) is 1. The van der Waals surface area contributed by atoms with Crippen LogP contribution in [0.3, 0.4) is 0 Å². The van der Waals surface area contributed by atoms with E-state index in [1.54, 1.807) is 11.2 Å². The number of rotatable bonds is 3. The van der Waals surface area contributed by atoms with Crippen molar-refractivity contribution in [1.82, 2.24) is 19.7 Å². The van der Waals surface area contributed by atoms with Gasteiger partial charge >= 0.3 is 0 Å². The van der Waals surface area contributed by atoms with Gasteiger partial charge in [-0.05, 0) is 37.8 Å². The predicted octanol–water partition coefficient (Wildman–Crippen LogP) is 2.91. The molecule has 1 amide bonds. The van der Waals surface area contributed by atoms with Gasteiger partial charge in [0.1, 0.15) is 23.8 Å². The van der Waals surface area contributed by atoms with Crippen molar-refractivity contribution in [2.45, 2.75) is 37.6 Å². The van der Waals surface area contributed by atoms with Gasteiger partial charge in [-0.1, -0.05) is 0 Å². The lowest BCUT2D eigenvalue weighted by Gasteiger charge is -2.33. The van der Waals surface area contributed by atoms with Crippen LogP contribution in [0.4, 0.5) is 8.78 Å². The Hall–Kier alpha value is -2.31. The van der Waals surface area contributed by atoms with E-state index in [4.69, 9.17) is 0 Å². The number of piperidine rings is 1. The highest BCUT2D eigenvalue weighted by atomic mass is 19.1. The molecule has 24 heavy (non-hydrogen) atoms. The summed E-state index contributed by atoms with van der Waals surface area (Å²) in [5.41, 5.74) is -0.0715. The van der Waals surface area contributed by atoms with E-state index in [0.717, 1.165) is 30.8 Å². The molecule has 1 saturated heterocycles. The smallest absolute Gasteiger partial charge is 0.256 e. The van der Waals surface area contributed by atoms with Gasteiger partial charge in [-0.15, -0.1) is 10.2 Å². The van der Waals surface area contributed by atoms with Gasteiger partial charge in [-0.2, -0.15) is 0 Å². The second kappa shape index (κ2) is 5.96. The lowest BCUT2D eigenvalue weighted by Crippen LogP contribution is -2.39. The molecule has 126 valence electrons. The monoisotopic (exact) mass is 332 g/mol. The van der Waals surface area contributed by atoms with Crippen molar-refractivity contribution in [2.75, 3.05) is 13.1 Å². The predicted molar refractivity (Wildman–Crippen MR) is 82.5 cm³/mol. The maximum Gasteiger partial charge on any atom is 0.256 e. The Bertz CT molecular complexity index is 764. The highest BCUT2D eigenvalue weighted by molar-refractivity contribution is 5.94. The summed E-state index contributed by atoms with van der Waals surface area (Å²) in [6.07, 6.45) is 5.67. The summed E-state index contributed by atoms with van der Waals surface area (Å²) in [6, 6.07) is 3.35. The fraction of sp³-hybridized carbons (Fsp3) is 0.471. The number of carbonyl (C=O) groups is 1. The second-order valence-electron chi connectivity index (χ2n) is 6.52. The van der Waals surface area contributed by atoms with Gasteiger partial charge in [0, 0.05) is 31.1 Å². The van der Waals surface area contributed by atoms with E-state index < -0.39 is 11.6 Å². The van der Waals surface area contributed by atoms with Crippen molar-refractivity contribution in [3.05, 3.63) is 47.5 Å². The quantitative estimate of drug-likeness (QED) is 0.868. The number of aromatic nitrogens is 3. The normalized spacial score (nSPS) is 18.8. The van der Waals surface area contributed by atoms with Gasteiger partial charge in [0.25, 0.3) is 5.91 Å². The van der Waals surface area contributed by atoms with Crippen LogP contribution < -0.4 is 0 Å². The molecule has 0 radical (unpaired) electrons. The van der Waals surface area contributed by atoms with Crippen LogP contribution in [0.15, 0.2) is 24.5 Å². The van der Waals surface area contributed by atoms with Crippen molar-refractivity contribution in [3.8, 4) is 0 Å². The lowest BCUT2D eigenvalue weighted by atomic mass is 10.0. The Balaban J connectivity index is 1.44. The molecule has 5 nitrogen and oxygen atoms in total. The third-order valence-electron chi connectivity index (χ3n) is 4.85. The van der Waals surface area contributed by atoms with E-state index in [1.807, 2.05) is 0 Å². The number of benzene rings is 1. The van der Waals surface area contributed by atoms with E-state index >= 15 is 0 Å². The minimum Gasteiger partial charge on any atom is -0.338 e. The van der Waals surface area contributed by atoms with Crippen molar-refractivity contribution in [1.29, 1.82) is 0 Å². The number of amides is 1. The molecule has 0 N–H and O–H groups in total. The Labute approximate surface area is 138 Å². The number of nitrogens with zero attached hydrogens (tertiary/aromatic N) is 4. The molecule has 1 aliphatic heterocycles. The molecule has 2 aromatic rings. The van der Waals surface area contributed by atoms with Crippen molar-refractivity contribution in [2.24, 2.45) is 0 Å². The Morgan fingerprint density at radius 2 is 1.88 bits per heavy atom. The van der Waals surface area contributed by atoms with Gasteiger partial charge in [0.15, 0.2) is 0 Å². The molecule has 1 aromatic carbocycles. The first-order valence-electron chi connectivity index (χ1n) is 8.27. The molecule has 0 spiro atoms. The zero-order valence-corrected chi connectivity index (χ0v) is 13.2. The maximum absolute atomic E-state index is 13.8. The topological polar surface area (TPSA) is 51.0 Å². The summed E-state index contributed by atoms with van der Waals surface area (Å²) in [5, 5.41) is 8.25. The van der Waals surface area contributed by atoms with Crippen LogP contribution in [0.1, 0.15) is 53.8 Å². The van der Waals surface area contributed by atoms with Crippen LogP contribution in [0.25, 0.3) is 0 Å². The van der Waals surface area contributed by atoms with E-state index in [2.05, 4.69) is 14.8 Å². The van der Waals surface area contributed by atoms with Crippen LogP contribution in [-0.2, 0) is 0 Å². The molecule has 2 fully saturated rings. The number of hydrogen-bond acceptors (Lipinski definition) is 3. The molecule has 7 heteroatoms. The molecule has 1 aromatic heterocycles. The van der Waals surface area contributed by atoms with Gasteiger partial charge in [-0.3, -0.25) is 4.79 Å². The fourth-order valence-electron chi connectivity index (χ4n) is 3.35. The molecule has 0 unspecified atom stereocenters. The molecule has 2 heterocycles. The standard InChI is InChI=1S/C17H18F2N4O/c18-12-3-4-14(15(19)9-12)17(24)22-7-5-13(6-8-22)23-10-20-21-16(23)11-1-2-11/h3-4,9-11,13H,1-2,5-8H2. The van der Waals surface area contributed by atoms with E-state index in [9.17, 15) is 13.6 Å². The molecule has 0 bridgehead atoms. The van der Waals surface area contributed by atoms with Crippen LogP contribution >= 0.6 is 0 Å². The first kappa shape index (κ1) is 15.2. The Morgan fingerprint density at radius 1 is 1.12 bits per heavy atom. The van der Waals surface area contributed by atoms with Crippen molar-refractivity contribution in [3.63, 3.8) is 0 Å². The van der Waals surface area contributed by atoms with Crippen LogP contribution in [0.2, 0.25) is 0 Å². The Morgan fingerprint density at radius 3 is 2.54 bits per heavy atom. The van der Waals surface area contributed by atoms with Gasteiger partial charge in [-0.25, -0.2) is 8.78 Å². The zero-order chi connectivity index (χ0) is 16.7. The SMILES string of the molecule is O=C(c1ccc(F)cc1F)N1CCC(n2cnnc2C2CC2)CC1. The van der Waals surface area contributed by atoms with Crippen LogP contribution in [-0.4, -0.2) is 38.7 Å². The summed E-state index contributed by atoms with van der Waals surface area (Å²) in [7, 11) is 0. The van der Waals surface area contributed by atoms with Crippen molar-refractivity contribution >= 4 is 5.91 Å². The van der Waals surface area contributed by atoms with E-state index in [0.29, 0.717) is 19.0 Å². The Kier molecular flexibility index (Phi) is 3.78. The van der Waals surface area contributed by atoms with E-state index in [-0.39, 0.29) is 17.5 Å². The molecular formula is C17H18F2N4O. The minimum atomic E-state index is -0.808. The lowest BCUT2D eigenvalue weighted by molar-refractivity contribution is 0.0688.